The highest BCUT2D eigenvalue weighted by Crippen LogP contribution is 2.13. The van der Waals surface area contributed by atoms with Crippen LogP contribution in [0.5, 0.6) is 5.75 Å². The maximum atomic E-state index is 12.3. The quantitative estimate of drug-likeness (QED) is 0.0742. The third-order valence-electron chi connectivity index (χ3n) is 5.90. The second-order valence-electron chi connectivity index (χ2n) is 8.92. The molecule has 0 aliphatic carbocycles. The predicted molar refractivity (Wildman–Crippen MR) is 147 cm³/mol. The molecule has 0 unspecified atom stereocenters. The van der Waals surface area contributed by atoms with Crippen molar-refractivity contribution < 1.29 is 14.7 Å². The molecule has 1 aromatic rings. The van der Waals surface area contributed by atoms with Gasteiger partial charge in [-0.2, -0.15) is 0 Å². The summed E-state index contributed by atoms with van der Waals surface area (Å²) in [5.41, 5.74) is 0.928. The smallest absolute Gasteiger partial charge is 0.220 e. The number of aromatic hydroxyl groups is 1. The number of phenolic OH excluding ortho intramolecular Hbond substituents is 1. The molecule has 4 nitrogen and oxygen atoms in total. The predicted octanol–water partition coefficient (Wildman–Crippen LogP) is 7.46. The molecule has 0 aromatic heterocycles. The number of alkyl halides is 1. The van der Waals surface area contributed by atoms with Crippen LogP contribution >= 0.6 is 22.6 Å². The third kappa shape index (κ3) is 16.0. The molecule has 2 N–H and O–H groups in total. The van der Waals surface area contributed by atoms with Crippen LogP contribution in [0.3, 0.4) is 0 Å². The third-order valence-corrected chi connectivity index (χ3v) is 6.65. The van der Waals surface area contributed by atoms with Crippen molar-refractivity contribution in [2.45, 2.75) is 109 Å². The maximum Gasteiger partial charge on any atom is 0.220 e. The van der Waals surface area contributed by atoms with E-state index in [4.69, 9.17) is 0 Å². The molecule has 0 radical (unpaired) electrons. The highest BCUT2D eigenvalue weighted by Gasteiger charge is 2.20. The molecule has 0 aliphatic heterocycles. The number of benzene rings is 1. The molecule has 0 bridgehead atoms. The number of Topliss-reactive ketones (excluding diaryl/α,β-unsaturated/α-hetero) is 1. The summed E-state index contributed by atoms with van der Waals surface area (Å²) in [4.78, 5) is 24.6. The lowest BCUT2D eigenvalue weighted by atomic mass is 10.0. The fourth-order valence-electron chi connectivity index (χ4n) is 3.83. The van der Waals surface area contributed by atoms with E-state index in [2.05, 4.69) is 24.4 Å². The van der Waals surface area contributed by atoms with E-state index in [9.17, 15) is 14.7 Å². The van der Waals surface area contributed by atoms with Crippen molar-refractivity contribution in [3.63, 3.8) is 0 Å². The second-order valence-corrected chi connectivity index (χ2v) is 9.69. The van der Waals surface area contributed by atoms with E-state index in [-0.39, 0.29) is 17.4 Å². The first kappa shape index (κ1) is 29.7. The lowest BCUT2D eigenvalue weighted by Crippen LogP contribution is -2.42. The lowest BCUT2D eigenvalue weighted by Gasteiger charge is -2.17. The molecule has 1 rings (SSSR count). The first-order chi connectivity index (χ1) is 16.1. The molecule has 1 amide bonds. The lowest BCUT2D eigenvalue weighted by molar-refractivity contribution is -0.126. The van der Waals surface area contributed by atoms with Crippen LogP contribution in [0.1, 0.15) is 102 Å². The van der Waals surface area contributed by atoms with Gasteiger partial charge in [-0.05, 0) is 56.2 Å². The highest BCUT2D eigenvalue weighted by molar-refractivity contribution is 14.1. The van der Waals surface area contributed by atoms with Gasteiger partial charge in [0.2, 0.25) is 5.91 Å². The van der Waals surface area contributed by atoms with Gasteiger partial charge in [-0.25, -0.2) is 0 Å². The minimum Gasteiger partial charge on any atom is -0.508 e. The van der Waals surface area contributed by atoms with Gasteiger partial charge in [-0.3, -0.25) is 9.59 Å². The van der Waals surface area contributed by atoms with E-state index >= 15 is 0 Å². The van der Waals surface area contributed by atoms with E-state index in [1.54, 1.807) is 24.3 Å². The van der Waals surface area contributed by atoms with Gasteiger partial charge in [-0.15, -0.1) is 0 Å². The minimum absolute atomic E-state index is 0.0292. The number of nitrogens with one attached hydrogen (secondary N) is 1. The summed E-state index contributed by atoms with van der Waals surface area (Å²) in [6, 6.07) is 6.29. The van der Waals surface area contributed by atoms with E-state index < -0.39 is 6.04 Å². The number of hydrogen-bond acceptors (Lipinski definition) is 3. The first-order valence-electron chi connectivity index (χ1n) is 12.9. The van der Waals surface area contributed by atoms with Crippen molar-refractivity contribution in [1.29, 1.82) is 0 Å². The second kappa shape index (κ2) is 20.0. The average Bonchev–Trinajstić information content (AvgIpc) is 2.82. The van der Waals surface area contributed by atoms with Gasteiger partial charge in [0, 0.05) is 6.42 Å². The number of carbonyl (C=O) groups excluding carboxylic acids is 2. The summed E-state index contributed by atoms with van der Waals surface area (Å²) < 4.78 is 0.369. The summed E-state index contributed by atoms with van der Waals surface area (Å²) in [7, 11) is 0. The largest absolute Gasteiger partial charge is 0.508 e. The standard InChI is InChI=1S/C28H44INO3/c1-2-3-4-5-6-7-8-9-10-11-12-13-14-15-16-17-28(33)30-26(27(32)23-29)22-24-18-20-25(31)21-19-24/h9-10,18-21,26,31H,2-8,11-17,22-23H2,1H3,(H,30,33)/b10-9-/t26-/m1/s1. The van der Waals surface area contributed by atoms with Crippen molar-refractivity contribution >= 4 is 34.3 Å². The molecule has 0 saturated carbocycles. The van der Waals surface area contributed by atoms with Gasteiger partial charge in [0.15, 0.2) is 5.78 Å². The van der Waals surface area contributed by atoms with Crippen molar-refractivity contribution in [1.82, 2.24) is 5.32 Å². The Morgan fingerprint density at radius 3 is 2.00 bits per heavy atom. The molecule has 0 spiro atoms. The number of ketones is 1. The number of halogens is 1. The fourth-order valence-corrected chi connectivity index (χ4v) is 4.36. The van der Waals surface area contributed by atoms with Gasteiger partial charge in [0.1, 0.15) is 5.75 Å². The Kier molecular flexibility index (Phi) is 18.0. The van der Waals surface area contributed by atoms with Gasteiger partial charge < -0.3 is 10.4 Å². The van der Waals surface area contributed by atoms with E-state index in [0.717, 1.165) is 31.2 Å². The van der Waals surface area contributed by atoms with Crippen LogP contribution in [0.25, 0.3) is 0 Å². The van der Waals surface area contributed by atoms with Crippen molar-refractivity contribution in [3.8, 4) is 5.75 Å². The van der Waals surface area contributed by atoms with Crippen LogP contribution < -0.4 is 5.32 Å². The molecule has 0 heterocycles. The number of unbranched alkanes of at least 4 members (excludes halogenated alkanes) is 11. The SMILES string of the molecule is CCCCCCCC/C=C\CCCCCCCC(=O)N[C@H](Cc1ccc(O)cc1)C(=O)CI. The maximum absolute atomic E-state index is 12.3. The summed E-state index contributed by atoms with van der Waals surface area (Å²) in [6.07, 6.45) is 21.6. The Labute approximate surface area is 215 Å². The van der Waals surface area contributed by atoms with E-state index in [1.165, 1.54) is 57.8 Å². The van der Waals surface area contributed by atoms with Crippen LogP contribution in [0.2, 0.25) is 0 Å². The van der Waals surface area contributed by atoms with Crippen LogP contribution in [-0.2, 0) is 16.0 Å². The number of amides is 1. The van der Waals surface area contributed by atoms with Crippen LogP contribution in [0.15, 0.2) is 36.4 Å². The Morgan fingerprint density at radius 2 is 1.42 bits per heavy atom. The Hall–Kier alpha value is -1.37. The monoisotopic (exact) mass is 569 g/mol. The number of hydrogen-bond donors (Lipinski definition) is 2. The Bertz CT molecular complexity index is 672. The zero-order chi connectivity index (χ0) is 24.2. The van der Waals surface area contributed by atoms with Crippen LogP contribution in [-0.4, -0.2) is 27.3 Å². The van der Waals surface area contributed by atoms with E-state index in [1.807, 2.05) is 22.6 Å². The van der Waals surface area contributed by atoms with Gasteiger partial charge in [0.05, 0.1) is 10.5 Å². The molecule has 1 atom stereocenters. The molecular weight excluding hydrogens is 525 g/mol. The van der Waals surface area contributed by atoms with E-state index in [0.29, 0.717) is 17.3 Å². The van der Waals surface area contributed by atoms with Crippen molar-refractivity contribution in [2.75, 3.05) is 4.43 Å². The van der Waals surface area contributed by atoms with Crippen molar-refractivity contribution in [3.05, 3.63) is 42.0 Å². The molecule has 0 aliphatic rings. The minimum atomic E-state index is -0.498. The van der Waals surface area contributed by atoms with Gasteiger partial charge in [-0.1, -0.05) is 105 Å². The topological polar surface area (TPSA) is 66.4 Å². The number of carbonyl (C=O) groups is 2. The molecule has 186 valence electrons. The fraction of sp³-hybridized carbons (Fsp3) is 0.643. The average molecular weight is 570 g/mol. The molecule has 5 heteroatoms. The van der Waals surface area contributed by atoms with Crippen molar-refractivity contribution in [2.24, 2.45) is 0 Å². The highest BCUT2D eigenvalue weighted by atomic mass is 127. The normalized spacial score (nSPS) is 12.2. The van der Waals surface area contributed by atoms with Crippen LogP contribution in [0.4, 0.5) is 0 Å². The molecule has 0 fully saturated rings. The zero-order valence-electron chi connectivity index (χ0n) is 20.5. The zero-order valence-corrected chi connectivity index (χ0v) is 22.7. The van der Waals surface area contributed by atoms with Crippen LogP contribution in [0, 0.1) is 0 Å². The number of allylic oxidation sites excluding steroid dienone is 2. The summed E-state index contributed by atoms with van der Waals surface area (Å²) in [5.74, 6) is 0.180. The van der Waals surface area contributed by atoms with Gasteiger partial charge >= 0.3 is 0 Å². The number of phenols is 1. The molecule has 0 saturated heterocycles. The molecular formula is C28H44INO3. The summed E-state index contributed by atoms with van der Waals surface area (Å²) in [5, 5.41) is 12.3. The Balaban J connectivity index is 2.09. The van der Waals surface area contributed by atoms with Gasteiger partial charge in [0.25, 0.3) is 0 Å². The molecule has 1 aromatic carbocycles. The molecule has 33 heavy (non-hydrogen) atoms. The Morgan fingerprint density at radius 1 is 0.879 bits per heavy atom. The summed E-state index contributed by atoms with van der Waals surface area (Å²) >= 11 is 2.04. The summed E-state index contributed by atoms with van der Waals surface area (Å²) in [6.45, 7) is 2.26. The number of rotatable bonds is 20. The first-order valence-corrected chi connectivity index (χ1v) is 14.4.